The van der Waals surface area contributed by atoms with Crippen molar-refractivity contribution in [1.82, 2.24) is 14.4 Å². The van der Waals surface area contributed by atoms with E-state index in [-0.39, 0.29) is 5.69 Å². The van der Waals surface area contributed by atoms with E-state index >= 15 is 0 Å². The minimum Gasteiger partial charge on any atom is -0.461 e. The summed E-state index contributed by atoms with van der Waals surface area (Å²) in [4.78, 5) is 21.9. The van der Waals surface area contributed by atoms with Crippen LogP contribution in [0.15, 0.2) is 18.6 Å². The Morgan fingerprint density at radius 3 is 3.10 bits per heavy atom. The predicted octanol–water partition coefficient (Wildman–Crippen LogP) is 1.45. The summed E-state index contributed by atoms with van der Waals surface area (Å²) in [5.74, 6) is 0.230. The van der Waals surface area contributed by atoms with Crippen LogP contribution in [0.1, 0.15) is 23.8 Å². The van der Waals surface area contributed by atoms with Crippen molar-refractivity contribution in [3.63, 3.8) is 0 Å². The fourth-order valence-corrected chi connectivity index (χ4v) is 2.28. The molecule has 3 rings (SSSR count). The maximum absolute atomic E-state index is 13.2. The molecule has 1 aliphatic heterocycles. The minimum absolute atomic E-state index is 0.246. The first-order valence-electron chi connectivity index (χ1n) is 6.58. The molecule has 2 aromatic heterocycles. The van der Waals surface area contributed by atoms with Crippen LogP contribution >= 0.6 is 0 Å². The molecular formula is C13H15FN4O2. The highest BCUT2D eigenvalue weighted by molar-refractivity contribution is 5.87. The summed E-state index contributed by atoms with van der Waals surface area (Å²) in [6.45, 7) is 3.06. The first-order chi connectivity index (χ1) is 9.67. The number of aromatic nitrogens is 3. The largest absolute Gasteiger partial charge is 0.461 e. The van der Waals surface area contributed by atoms with Crippen molar-refractivity contribution in [3.8, 4) is 0 Å². The number of carbonyl (C=O) groups is 1. The molecule has 0 aromatic carbocycles. The van der Waals surface area contributed by atoms with Crippen LogP contribution in [0.25, 0.3) is 5.65 Å². The van der Waals surface area contributed by atoms with Crippen molar-refractivity contribution in [2.75, 3.05) is 24.6 Å². The molecular weight excluding hydrogens is 263 g/mol. The van der Waals surface area contributed by atoms with E-state index in [1.54, 1.807) is 29.9 Å². The standard InChI is InChI=1S/C13H15FN4O2/c1-2-20-13(19)10-7-18-8-12(15-5-11(18)16-10)17-4-3-9(14)6-17/h5,7-9H,2-4,6H2,1H3. The molecule has 7 heteroatoms. The number of imidazole rings is 1. The highest BCUT2D eigenvalue weighted by Gasteiger charge is 2.23. The number of carbonyl (C=O) groups excluding carboxylic acids is 1. The summed E-state index contributed by atoms with van der Waals surface area (Å²) >= 11 is 0. The fraction of sp³-hybridized carbons (Fsp3) is 0.462. The molecule has 0 radical (unpaired) electrons. The van der Waals surface area contributed by atoms with E-state index in [1.807, 2.05) is 4.90 Å². The summed E-state index contributed by atoms with van der Waals surface area (Å²) < 4.78 is 19.8. The second-order valence-corrected chi connectivity index (χ2v) is 4.69. The van der Waals surface area contributed by atoms with E-state index in [2.05, 4.69) is 9.97 Å². The third kappa shape index (κ3) is 2.31. The Kier molecular flexibility index (Phi) is 3.25. The molecule has 0 amide bonds. The van der Waals surface area contributed by atoms with Gasteiger partial charge in [-0.15, -0.1) is 0 Å². The van der Waals surface area contributed by atoms with Gasteiger partial charge in [0.05, 0.1) is 25.5 Å². The third-order valence-electron chi connectivity index (χ3n) is 3.27. The number of halogens is 1. The number of fused-ring (bicyclic) bond motifs is 1. The van der Waals surface area contributed by atoms with Crippen LogP contribution < -0.4 is 4.90 Å². The first kappa shape index (κ1) is 12.8. The molecule has 0 spiro atoms. The number of hydrogen-bond acceptors (Lipinski definition) is 5. The number of anilines is 1. The molecule has 0 bridgehead atoms. The van der Waals surface area contributed by atoms with Gasteiger partial charge in [-0.1, -0.05) is 0 Å². The Morgan fingerprint density at radius 2 is 2.40 bits per heavy atom. The average Bonchev–Trinajstić information content (AvgIpc) is 3.04. The molecule has 1 fully saturated rings. The summed E-state index contributed by atoms with van der Waals surface area (Å²) in [6, 6.07) is 0. The molecule has 0 saturated carbocycles. The molecule has 1 aliphatic rings. The molecule has 1 saturated heterocycles. The summed E-state index contributed by atoms with van der Waals surface area (Å²) in [5.41, 5.74) is 0.809. The van der Waals surface area contributed by atoms with Crippen molar-refractivity contribution < 1.29 is 13.9 Å². The van der Waals surface area contributed by atoms with Gasteiger partial charge in [0.15, 0.2) is 11.3 Å². The number of nitrogens with zero attached hydrogens (tertiary/aromatic N) is 4. The zero-order valence-corrected chi connectivity index (χ0v) is 11.1. The lowest BCUT2D eigenvalue weighted by Gasteiger charge is -2.15. The van der Waals surface area contributed by atoms with E-state index in [9.17, 15) is 9.18 Å². The van der Waals surface area contributed by atoms with E-state index in [0.29, 0.717) is 37.6 Å². The molecule has 1 unspecified atom stereocenters. The van der Waals surface area contributed by atoms with Gasteiger partial charge in [-0.2, -0.15) is 0 Å². The molecule has 106 valence electrons. The number of rotatable bonds is 3. The van der Waals surface area contributed by atoms with E-state index < -0.39 is 12.1 Å². The Labute approximate surface area is 115 Å². The van der Waals surface area contributed by atoms with Gasteiger partial charge in [-0.25, -0.2) is 19.2 Å². The van der Waals surface area contributed by atoms with Gasteiger partial charge in [0, 0.05) is 12.7 Å². The highest BCUT2D eigenvalue weighted by Crippen LogP contribution is 2.20. The van der Waals surface area contributed by atoms with Crippen LogP contribution in [0.2, 0.25) is 0 Å². The lowest BCUT2D eigenvalue weighted by Crippen LogP contribution is -2.21. The van der Waals surface area contributed by atoms with E-state index in [1.165, 1.54) is 0 Å². The lowest BCUT2D eigenvalue weighted by molar-refractivity contribution is 0.0520. The monoisotopic (exact) mass is 278 g/mol. The average molecular weight is 278 g/mol. The Hall–Kier alpha value is -2.18. The van der Waals surface area contributed by atoms with Crippen molar-refractivity contribution in [3.05, 3.63) is 24.3 Å². The number of esters is 1. The van der Waals surface area contributed by atoms with Gasteiger partial charge in [0.2, 0.25) is 0 Å². The molecule has 2 aromatic rings. The summed E-state index contributed by atoms with van der Waals surface area (Å²) in [5, 5.41) is 0. The van der Waals surface area contributed by atoms with Crippen molar-refractivity contribution >= 4 is 17.4 Å². The second-order valence-electron chi connectivity index (χ2n) is 4.69. The van der Waals surface area contributed by atoms with Gasteiger partial charge in [0.1, 0.15) is 12.0 Å². The van der Waals surface area contributed by atoms with E-state index in [0.717, 1.165) is 0 Å². The maximum atomic E-state index is 13.2. The molecule has 1 atom stereocenters. The Balaban J connectivity index is 1.89. The lowest BCUT2D eigenvalue weighted by atomic mass is 10.3. The molecule has 3 heterocycles. The number of ether oxygens (including phenoxy) is 1. The predicted molar refractivity (Wildman–Crippen MR) is 70.7 cm³/mol. The van der Waals surface area contributed by atoms with Gasteiger partial charge >= 0.3 is 5.97 Å². The smallest absolute Gasteiger partial charge is 0.358 e. The van der Waals surface area contributed by atoms with Crippen LogP contribution in [-0.4, -0.2) is 46.2 Å². The van der Waals surface area contributed by atoms with Gasteiger partial charge < -0.3 is 14.0 Å². The third-order valence-corrected chi connectivity index (χ3v) is 3.27. The van der Waals surface area contributed by atoms with Crippen LogP contribution in [0, 0.1) is 0 Å². The fourth-order valence-electron chi connectivity index (χ4n) is 2.28. The van der Waals surface area contributed by atoms with Gasteiger partial charge in [0.25, 0.3) is 0 Å². The summed E-state index contributed by atoms with van der Waals surface area (Å²) in [7, 11) is 0. The quantitative estimate of drug-likeness (QED) is 0.795. The van der Waals surface area contributed by atoms with Crippen molar-refractivity contribution in [2.24, 2.45) is 0 Å². The van der Waals surface area contributed by atoms with Crippen LogP contribution in [-0.2, 0) is 4.74 Å². The second kappa shape index (κ2) is 5.07. The number of hydrogen-bond donors (Lipinski definition) is 0. The van der Waals surface area contributed by atoms with Crippen LogP contribution in [0.5, 0.6) is 0 Å². The molecule has 0 N–H and O–H groups in total. The van der Waals surface area contributed by atoms with Crippen LogP contribution in [0.3, 0.4) is 0 Å². The SMILES string of the molecule is CCOC(=O)c1cn2cc(N3CCC(F)C3)ncc2n1. The summed E-state index contributed by atoms with van der Waals surface area (Å²) in [6.07, 6.45) is 4.65. The van der Waals surface area contributed by atoms with Gasteiger partial charge in [-0.3, -0.25) is 0 Å². The zero-order chi connectivity index (χ0) is 14.1. The van der Waals surface area contributed by atoms with Crippen molar-refractivity contribution in [1.29, 1.82) is 0 Å². The van der Waals surface area contributed by atoms with Crippen LogP contribution in [0.4, 0.5) is 10.2 Å². The molecule has 0 aliphatic carbocycles. The zero-order valence-electron chi connectivity index (χ0n) is 11.1. The maximum Gasteiger partial charge on any atom is 0.358 e. The Bertz CT molecular complexity index is 642. The molecule has 6 nitrogen and oxygen atoms in total. The highest BCUT2D eigenvalue weighted by atomic mass is 19.1. The minimum atomic E-state index is -0.801. The van der Waals surface area contributed by atoms with E-state index in [4.69, 9.17) is 4.74 Å². The Morgan fingerprint density at radius 1 is 1.55 bits per heavy atom. The topological polar surface area (TPSA) is 59.7 Å². The van der Waals surface area contributed by atoms with Gasteiger partial charge in [-0.05, 0) is 13.3 Å². The number of alkyl halides is 1. The first-order valence-corrected chi connectivity index (χ1v) is 6.58. The molecule has 20 heavy (non-hydrogen) atoms. The van der Waals surface area contributed by atoms with Crippen molar-refractivity contribution in [2.45, 2.75) is 19.5 Å². The normalized spacial score (nSPS) is 18.7.